The standard InChI is InChI=1S/C15H23N3O/c1-11-5-2-3-6-12(11)10-17-15(19)18-14-8-4-7-13(16)9-14/h4,7-9,11-12H,2-3,5-6,10,16H2,1H3,(H2,17,18,19). The van der Waals surface area contributed by atoms with Crippen molar-refractivity contribution in [2.75, 3.05) is 17.6 Å². The molecule has 1 saturated carbocycles. The third kappa shape index (κ3) is 4.16. The fourth-order valence-electron chi connectivity index (χ4n) is 2.71. The largest absolute Gasteiger partial charge is 0.399 e. The molecule has 4 nitrogen and oxygen atoms in total. The van der Waals surface area contributed by atoms with Gasteiger partial charge in [-0.25, -0.2) is 4.79 Å². The number of hydrogen-bond donors (Lipinski definition) is 3. The summed E-state index contributed by atoms with van der Waals surface area (Å²) in [6, 6.07) is 7.06. The second-order valence-corrected chi connectivity index (χ2v) is 5.48. The van der Waals surface area contributed by atoms with Crippen LogP contribution in [-0.2, 0) is 0 Å². The Bertz CT molecular complexity index is 433. The Hall–Kier alpha value is -1.71. The van der Waals surface area contributed by atoms with E-state index >= 15 is 0 Å². The van der Waals surface area contributed by atoms with E-state index in [0.29, 0.717) is 17.5 Å². The minimum absolute atomic E-state index is 0.150. The SMILES string of the molecule is CC1CCCCC1CNC(=O)Nc1cccc(N)c1. The Labute approximate surface area is 114 Å². The molecule has 2 amide bonds. The molecule has 0 spiro atoms. The van der Waals surface area contributed by atoms with Gasteiger partial charge in [-0.05, 0) is 36.5 Å². The molecule has 19 heavy (non-hydrogen) atoms. The van der Waals surface area contributed by atoms with Crippen LogP contribution in [0.15, 0.2) is 24.3 Å². The lowest BCUT2D eigenvalue weighted by Crippen LogP contribution is -2.36. The normalized spacial score (nSPS) is 22.8. The van der Waals surface area contributed by atoms with Crippen molar-refractivity contribution in [2.45, 2.75) is 32.6 Å². The third-order valence-electron chi connectivity index (χ3n) is 3.96. The van der Waals surface area contributed by atoms with Crippen LogP contribution in [0.5, 0.6) is 0 Å². The molecular weight excluding hydrogens is 238 g/mol. The maximum atomic E-state index is 11.8. The van der Waals surface area contributed by atoms with Gasteiger partial charge >= 0.3 is 6.03 Å². The first-order valence-corrected chi connectivity index (χ1v) is 7.05. The summed E-state index contributed by atoms with van der Waals surface area (Å²) in [7, 11) is 0. The van der Waals surface area contributed by atoms with E-state index in [-0.39, 0.29) is 6.03 Å². The molecule has 2 rings (SSSR count). The summed E-state index contributed by atoms with van der Waals surface area (Å²) in [5.74, 6) is 1.32. The van der Waals surface area contributed by atoms with Crippen LogP contribution in [0.25, 0.3) is 0 Å². The van der Waals surface area contributed by atoms with Crippen molar-refractivity contribution in [3.05, 3.63) is 24.3 Å². The molecule has 1 aliphatic rings. The van der Waals surface area contributed by atoms with Crippen molar-refractivity contribution in [3.63, 3.8) is 0 Å². The topological polar surface area (TPSA) is 67.2 Å². The van der Waals surface area contributed by atoms with Gasteiger partial charge in [0.05, 0.1) is 0 Å². The molecule has 1 fully saturated rings. The summed E-state index contributed by atoms with van der Waals surface area (Å²) in [5, 5.41) is 5.77. The summed E-state index contributed by atoms with van der Waals surface area (Å²) in [6.45, 7) is 3.04. The molecule has 0 bridgehead atoms. The molecule has 1 aromatic carbocycles. The van der Waals surface area contributed by atoms with Crippen LogP contribution in [0, 0.1) is 11.8 Å². The van der Waals surface area contributed by atoms with Crippen LogP contribution in [0.4, 0.5) is 16.2 Å². The highest BCUT2D eigenvalue weighted by molar-refractivity contribution is 5.89. The quantitative estimate of drug-likeness (QED) is 0.731. The number of nitrogen functional groups attached to an aromatic ring is 1. The molecule has 4 N–H and O–H groups in total. The molecule has 0 saturated heterocycles. The number of benzene rings is 1. The lowest BCUT2D eigenvalue weighted by Gasteiger charge is -2.28. The summed E-state index contributed by atoms with van der Waals surface area (Å²) < 4.78 is 0. The van der Waals surface area contributed by atoms with Gasteiger partial charge < -0.3 is 16.4 Å². The molecule has 104 valence electrons. The van der Waals surface area contributed by atoms with E-state index in [4.69, 9.17) is 5.73 Å². The predicted molar refractivity (Wildman–Crippen MR) is 79.0 cm³/mol. The van der Waals surface area contributed by atoms with Gasteiger partial charge in [0, 0.05) is 17.9 Å². The number of anilines is 2. The first-order valence-electron chi connectivity index (χ1n) is 7.05. The Morgan fingerprint density at radius 2 is 2.16 bits per heavy atom. The second kappa shape index (κ2) is 6.45. The Kier molecular flexibility index (Phi) is 4.66. The van der Waals surface area contributed by atoms with E-state index in [1.165, 1.54) is 25.7 Å². The van der Waals surface area contributed by atoms with Crippen LogP contribution in [-0.4, -0.2) is 12.6 Å². The van der Waals surface area contributed by atoms with E-state index in [1.807, 2.05) is 12.1 Å². The first kappa shape index (κ1) is 13.7. The predicted octanol–water partition coefficient (Wildman–Crippen LogP) is 3.22. The average Bonchev–Trinajstić information content (AvgIpc) is 2.38. The van der Waals surface area contributed by atoms with Crippen LogP contribution in [0.3, 0.4) is 0 Å². The minimum Gasteiger partial charge on any atom is -0.399 e. The zero-order valence-corrected chi connectivity index (χ0v) is 11.5. The molecule has 0 radical (unpaired) electrons. The number of amides is 2. The number of carbonyl (C=O) groups excluding carboxylic acids is 1. The van der Waals surface area contributed by atoms with Crippen molar-refractivity contribution >= 4 is 17.4 Å². The fraction of sp³-hybridized carbons (Fsp3) is 0.533. The van der Waals surface area contributed by atoms with Crippen molar-refractivity contribution in [2.24, 2.45) is 11.8 Å². The molecule has 0 aliphatic heterocycles. The average molecular weight is 261 g/mol. The van der Waals surface area contributed by atoms with E-state index in [1.54, 1.807) is 12.1 Å². The molecule has 2 atom stereocenters. The van der Waals surface area contributed by atoms with Gasteiger partial charge in [0.2, 0.25) is 0 Å². The molecule has 4 heteroatoms. The monoisotopic (exact) mass is 261 g/mol. The third-order valence-corrected chi connectivity index (χ3v) is 3.96. The first-order chi connectivity index (χ1) is 9.15. The maximum absolute atomic E-state index is 11.8. The maximum Gasteiger partial charge on any atom is 0.319 e. The van der Waals surface area contributed by atoms with Gasteiger partial charge in [-0.1, -0.05) is 32.3 Å². The van der Waals surface area contributed by atoms with Crippen LogP contribution < -0.4 is 16.4 Å². The van der Waals surface area contributed by atoms with E-state index < -0.39 is 0 Å². The van der Waals surface area contributed by atoms with Gasteiger partial charge in [-0.3, -0.25) is 0 Å². The van der Waals surface area contributed by atoms with E-state index in [9.17, 15) is 4.79 Å². The smallest absolute Gasteiger partial charge is 0.319 e. The second-order valence-electron chi connectivity index (χ2n) is 5.48. The fourth-order valence-corrected chi connectivity index (χ4v) is 2.71. The molecule has 0 aromatic heterocycles. The van der Waals surface area contributed by atoms with Crippen LogP contribution in [0.1, 0.15) is 32.6 Å². The Morgan fingerprint density at radius 3 is 2.89 bits per heavy atom. The highest BCUT2D eigenvalue weighted by atomic mass is 16.2. The number of nitrogens with two attached hydrogens (primary N) is 1. The number of urea groups is 1. The van der Waals surface area contributed by atoms with Crippen molar-refractivity contribution in [3.8, 4) is 0 Å². The summed E-state index contributed by atoms with van der Waals surface area (Å²) >= 11 is 0. The molecule has 1 aromatic rings. The van der Waals surface area contributed by atoms with Crippen molar-refractivity contribution in [1.29, 1.82) is 0 Å². The summed E-state index contributed by atoms with van der Waals surface area (Å²) in [5.41, 5.74) is 7.05. The highest BCUT2D eigenvalue weighted by Gasteiger charge is 2.21. The lowest BCUT2D eigenvalue weighted by molar-refractivity contribution is 0.231. The van der Waals surface area contributed by atoms with Crippen molar-refractivity contribution < 1.29 is 4.79 Å². The van der Waals surface area contributed by atoms with Crippen LogP contribution >= 0.6 is 0 Å². The Morgan fingerprint density at radius 1 is 1.37 bits per heavy atom. The number of rotatable bonds is 3. The zero-order chi connectivity index (χ0) is 13.7. The van der Waals surface area contributed by atoms with Gasteiger partial charge in [0.25, 0.3) is 0 Å². The molecular formula is C15H23N3O. The molecule has 0 heterocycles. The zero-order valence-electron chi connectivity index (χ0n) is 11.5. The molecule has 1 aliphatic carbocycles. The van der Waals surface area contributed by atoms with Gasteiger partial charge in [0.1, 0.15) is 0 Å². The number of hydrogen-bond acceptors (Lipinski definition) is 2. The van der Waals surface area contributed by atoms with Crippen molar-refractivity contribution in [1.82, 2.24) is 5.32 Å². The van der Waals surface area contributed by atoms with Gasteiger partial charge in [-0.2, -0.15) is 0 Å². The van der Waals surface area contributed by atoms with Crippen LogP contribution in [0.2, 0.25) is 0 Å². The summed E-state index contributed by atoms with van der Waals surface area (Å²) in [6.07, 6.45) is 5.11. The lowest BCUT2D eigenvalue weighted by atomic mass is 9.80. The Balaban J connectivity index is 1.78. The van der Waals surface area contributed by atoms with Gasteiger partial charge in [-0.15, -0.1) is 0 Å². The summed E-state index contributed by atoms with van der Waals surface area (Å²) in [4.78, 5) is 11.8. The number of nitrogens with one attached hydrogen (secondary N) is 2. The minimum atomic E-state index is -0.150. The number of carbonyl (C=O) groups is 1. The van der Waals surface area contributed by atoms with Gasteiger partial charge in [0.15, 0.2) is 0 Å². The van der Waals surface area contributed by atoms with E-state index in [0.717, 1.165) is 12.2 Å². The highest BCUT2D eigenvalue weighted by Crippen LogP contribution is 2.28. The molecule has 2 unspecified atom stereocenters. The van der Waals surface area contributed by atoms with E-state index in [2.05, 4.69) is 17.6 Å².